The Balaban J connectivity index is 1.84. The molecule has 158 valence electrons. The van der Waals surface area contributed by atoms with E-state index in [-0.39, 0.29) is 5.91 Å². The van der Waals surface area contributed by atoms with Gasteiger partial charge in [-0.05, 0) is 74.9 Å². The van der Waals surface area contributed by atoms with Crippen molar-refractivity contribution in [2.45, 2.75) is 53.1 Å². The lowest BCUT2D eigenvalue weighted by Gasteiger charge is -2.19. The predicted molar refractivity (Wildman–Crippen MR) is 116 cm³/mol. The molecular formula is C24H33NO4. The van der Waals surface area contributed by atoms with Crippen LogP contribution in [0.2, 0.25) is 0 Å². The maximum absolute atomic E-state index is 12.5. The lowest BCUT2D eigenvalue weighted by atomic mass is 10.1. The molecule has 0 saturated heterocycles. The molecule has 0 saturated carbocycles. The van der Waals surface area contributed by atoms with Gasteiger partial charge in [0, 0.05) is 6.54 Å². The highest BCUT2D eigenvalue weighted by Gasteiger charge is 2.18. The third-order valence-corrected chi connectivity index (χ3v) is 4.75. The summed E-state index contributed by atoms with van der Waals surface area (Å²) in [7, 11) is 1.64. The van der Waals surface area contributed by atoms with Gasteiger partial charge in [0.2, 0.25) is 0 Å². The second-order valence-corrected chi connectivity index (χ2v) is 7.10. The monoisotopic (exact) mass is 399 g/mol. The van der Waals surface area contributed by atoms with Crippen molar-refractivity contribution in [1.29, 1.82) is 0 Å². The van der Waals surface area contributed by atoms with E-state index in [4.69, 9.17) is 14.2 Å². The normalized spacial score (nSPS) is 11.6. The van der Waals surface area contributed by atoms with Crippen LogP contribution in [-0.4, -0.2) is 32.3 Å². The number of carbonyl (C=O) groups is 1. The first-order chi connectivity index (χ1) is 14.0. The van der Waals surface area contributed by atoms with Crippen LogP contribution in [-0.2, 0) is 11.2 Å². The number of hydrogen-bond donors (Lipinski definition) is 1. The number of ether oxygens (including phenoxy) is 3. The summed E-state index contributed by atoms with van der Waals surface area (Å²) < 4.78 is 16.9. The summed E-state index contributed by atoms with van der Waals surface area (Å²) in [5.41, 5.74) is 3.30. The Hall–Kier alpha value is -2.69. The average molecular weight is 400 g/mol. The molecular weight excluding hydrogens is 366 g/mol. The third-order valence-electron chi connectivity index (χ3n) is 4.75. The van der Waals surface area contributed by atoms with Crippen molar-refractivity contribution in [2.75, 3.05) is 20.3 Å². The van der Waals surface area contributed by atoms with Crippen molar-refractivity contribution in [2.24, 2.45) is 0 Å². The van der Waals surface area contributed by atoms with Crippen LogP contribution in [0.25, 0.3) is 0 Å². The lowest BCUT2D eigenvalue weighted by Crippen LogP contribution is -2.38. The minimum absolute atomic E-state index is 0.0716. The second kappa shape index (κ2) is 11.3. The smallest absolute Gasteiger partial charge is 0.261 e. The summed E-state index contributed by atoms with van der Waals surface area (Å²) in [6, 6.07) is 12.0. The molecule has 0 aliphatic heterocycles. The van der Waals surface area contributed by atoms with Gasteiger partial charge in [-0.3, -0.25) is 4.79 Å². The molecule has 5 heteroatoms. The first-order valence-electron chi connectivity index (χ1n) is 10.3. The topological polar surface area (TPSA) is 56.8 Å². The van der Waals surface area contributed by atoms with E-state index in [1.54, 1.807) is 7.11 Å². The van der Waals surface area contributed by atoms with Crippen LogP contribution in [0.3, 0.4) is 0 Å². The van der Waals surface area contributed by atoms with Gasteiger partial charge in [0.15, 0.2) is 17.6 Å². The number of rotatable bonds is 11. The van der Waals surface area contributed by atoms with E-state index >= 15 is 0 Å². The average Bonchev–Trinajstić information content (AvgIpc) is 2.72. The van der Waals surface area contributed by atoms with Gasteiger partial charge < -0.3 is 19.5 Å². The Labute approximate surface area is 174 Å². The molecule has 2 aromatic rings. The number of carbonyl (C=O) groups excluding carboxylic acids is 1. The molecule has 1 atom stereocenters. The summed E-state index contributed by atoms with van der Waals surface area (Å²) in [5, 5.41) is 3.00. The van der Waals surface area contributed by atoms with Crippen LogP contribution in [0.4, 0.5) is 0 Å². The highest BCUT2D eigenvalue weighted by molar-refractivity contribution is 5.81. The van der Waals surface area contributed by atoms with Gasteiger partial charge in [-0.15, -0.1) is 0 Å². The van der Waals surface area contributed by atoms with E-state index in [0.29, 0.717) is 19.6 Å². The minimum Gasteiger partial charge on any atom is -0.493 e. The Morgan fingerprint density at radius 3 is 2.52 bits per heavy atom. The molecule has 1 N–H and O–H groups in total. The van der Waals surface area contributed by atoms with E-state index in [9.17, 15) is 4.79 Å². The van der Waals surface area contributed by atoms with E-state index < -0.39 is 6.10 Å². The molecule has 29 heavy (non-hydrogen) atoms. The van der Waals surface area contributed by atoms with E-state index in [0.717, 1.165) is 46.8 Å². The third kappa shape index (κ3) is 6.70. The van der Waals surface area contributed by atoms with Gasteiger partial charge in [-0.1, -0.05) is 25.1 Å². The molecule has 0 aliphatic rings. The van der Waals surface area contributed by atoms with Crippen LogP contribution in [0.1, 0.15) is 43.4 Å². The zero-order valence-corrected chi connectivity index (χ0v) is 18.2. The fourth-order valence-corrected chi connectivity index (χ4v) is 3.07. The zero-order valence-electron chi connectivity index (χ0n) is 18.2. The highest BCUT2D eigenvalue weighted by Crippen LogP contribution is 2.28. The first kappa shape index (κ1) is 22.6. The molecule has 0 radical (unpaired) electrons. The quantitative estimate of drug-likeness (QED) is 0.560. The van der Waals surface area contributed by atoms with Crippen molar-refractivity contribution < 1.29 is 19.0 Å². The van der Waals surface area contributed by atoms with Crippen molar-refractivity contribution in [1.82, 2.24) is 5.32 Å². The van der Waals surface area contributed by atoms with Crippen molar-refractivity contribution in [3.8, 4) is 17.2 Å². The summed E-state index contributed by atoms with van der Waals surface area (Å²) >= 11 is 0. The van der Waals surface area contributed by atoms with Gasteiger partial charge in [0.05, 0.1) is 13.7 Å². The summed E-state index contributed by atoms with van der Waals surface area (Å²) in [4.78, 5) is 12.5. The largest absolute Gasteiger partial charge is 0.493 e. The van der Waals surface area contributed by atoms with E-state index in [1.807, 2.05) is 64.1 Å². The maximum atomic E-state index is 12.5. The molecule has 1 amide bonds. The highest BCUT2D eigenvalue weighted by atomic mass is 16.5. The van der Waals surface area contributed by atoms with Crippen LogP contribution >= 0.6 is 0 Å². The molecule has 2 aromatic carbocycles. The number of methoxy groups -OCH3 is 1. The molecule has 0 spiro atoms. The predicted octanol–water partition coefficient (Wildman–Crippen LogP) is 4.62. The van der Waals surface area contributed by atoms with Crippen LogP contribution in [0.15, 0.2) is 36.4 Å². The number of hydrogen-bond acceptors (Lipinski definition) is 4. The van der Waals surface area contributed by atoms with Gasteiger partial charge >= 0.3 is 0 Å². The van der Waals surface area contributed by atoms with Crippen LogP contribution in [0.5, 0.6) is 17.2 Å². The maximum Gasteiger partial charge on any atom is 0.261 e. The number of amides is 1. The van der Waals surface area contributed by atoms with Crippen molar-refractivity contribution in [3.05, 3.63) is 53.1 Å². The van der Waals surface area contributed by atoms with Gasteiger partial charge in [0.25, 0.3) is 5.91 Å². The van der Waals surface area contributed by atoms with Crippen molar-refractivity contribution >= 4 is 5.91 Å². The first-order valence-corrected chi connectivity index (χ1v) is 10.3. The van der Waals surface area contributed by atoms with Gasteiger partial charge in [0.1, 0.15) is 5.75 Å². The SMILES string of the molecule is CCOc1ccc(CCCNC(=O)C(CC)Oc2cc(C)ccc2C)cc1OC. The minimum atomic E-state index is -0.485. The molecule has 0 fully saturated rings. The standard InChI is InChI=1S/C24H33NO4/c1-6-20(29-22-15-17(3)10-11-18(22)4)24(26)25-14-8-9-19-12-13-21(28-7-2)23(16-19)27-5/h10-13,15-16,20H,6-9,14H2,1-5H3,(H,25,26). The van der Waals surface area contributed by atoms with Gasteiger partial charge in [-0.2, -0.15) is 0 Å². The molecule has 0 aromatic heterocycles. The summed E-state index contributed by atoms with van der Waals surface area (Å²) in [5.74, 6) is 2.19. The van der Waals surface area contributed by atoms with E-state index in [2.05, 4.69) is 5.32 Å². The zero-order chi connectivity index (χ0) is 21.2. The number of nitrogens with one attached hydrogen (secondary N) is 1. The number of aryl methyl sites for hydroxylation is 3. The van der Waals surface area contributed by atoms with Crippen LogP contribution in [0, 0.1) is 13.8 Å². The Morgan fingerprint density at radius 1 is 1.03 bits per heavy atom. The molecule has 0 aliphatic carbocycles. The second-order valence-electron chi connectivity index (χ2n) is 7.10. The van der Waals surface area contributed by atoms with E-state index in [1.165, 1.54) is 0 Å². The lowest BCUT2D eigenvalue weighted by molar-refractivity contribution is -0.128. The molecule has 1 unspecified atom stereocenters. The number of benzene rings is 2. The Morgan fingerprint density at radius 2 is 1.83 bits per heavy atom. The molecule has 2 rings (SSSR count). The Kier molecular flexibility index (Phi) is 8.84. The van der Waals surface area contributed by atoms with Crippen LogP contribution < -0.4 is 19.5 Å². The van der Waals surface area contributed by atoms with Gasteiger partial charge in [-0.25, -0.2) is 0 Å². The van der Waals surface area contributed by atoms with Crippen molar-refractivity contribution in [3.63, 3.8) is 0 Å². The molecule has 0 bridgehead atoms. The fraction of sp³-hybridized carbons (Fsp3) is 0.458. The summed E-state index contributed by atoms with van der Waals surface area (Å²) in [6.45, 7) is 9.12. The molecule has 0 heterocycles. The summed E-state index contributed by atoms with van der Waals surface area (Å²) in [6.07, 6.45) is 1.82. The molecule has 5 nitrogen and oxygen atoms in total. The fourth-order valence-electron chi connectivity index (χ4n) is 3.07. The Bertz CT molecular complexity index is 803.